The Labute approximate surface area is 153 Å². The number of nitrogens with zero attached hydrogens (tertiary/aromatic N) is 4. The molecule has 1 aliphatic carbocycles. The largest absolute Gasteiger partial charge is 0.399 e. The van der Waals surface area contributed by atoms with Crippen LogP contribution in [0.1, 0.15) is 37.5 Å². The second-order valence-electron chi connectivity index (χ2n) is 7.81. The molecule has 0 amide bonds. The Hall–Kier alpha value is -2.73. The lowest BCUT2D eigenvalue weighted by Gasteiger charge is -2.27. The number of pyridine rings is 1. The molecule has 4 rings (SSSR count). The summed E-state index contributed by atoms with van der Waals surface area (Å²) < 4.78 is 0. The number of aromatic nitrogens is 3. The summed E-state index contributed by atoms with van der Waals surface area (Å²) in [5.41, 5.74) is 15.5. The van der Waals surface area contributed by atoms with Gasteiger partial charge < -0.3 is 16.4 Å². The van der Waals surface area contributed by atoms with Crippen molar-refractivity contribution < 1.29 is 0 Å². The Morgan fingerprint density at radius 2 is 1.96 bits per heavy atom. The number of rotatable bonds is 2. The molecule has 134 valence electrons. The summed E-state index contributed by atoms with van der Waals surface area (Å²) in [5.74, 6) is 1.44. The molecule has 1 unspecified atom stereocenters. The van der Waals surface area contributed by atoms with Crippen molar-refractivity contribution in [2.24, 2.45) is 11.5 Å². The number of allylic oxidation sites excluding steroid dienone is 1. The average molecular weight is 348 g/mol. The molecule has 6 heteroatoms. The van der Waals surface area contributed by atoms with E-state index in [2.05, 4.69) is 29.8 Å². The molecule has 2 aromatic rings. The maximum Gasteiger partial charge on any atom is 0.154 e. The van der Waals surface area contributed by atoms with Crippen molar-refractivity contribution in [3.05, 3.63) is 65.5 Å². The number of nitrogens with two attached hydrogens (primary N) is 2. The molecular weight excluding hydrogens is 324 g/mol. The molecule has 2 aromatic heterocycles. The summed E-state index contributed by atoms with van der Waals surface area (Å²) in [4.78, 5) is 16.2. The third kappa shape index (κ3) is 2.66. The Kier molecular flexibility index (Phi) is 3.63. The van der Waals surface area contributed by atoms with E-state index >= 15 is 0 Å². The summed E-state index contributed by atoms with van der Waals surface area (Å²) in [5, 5.41) is 0. The van der Waals surface area contributed by atoms with Crippen molar-refractivity contribution in [2.45, 2.75) is 38.1 Å². The standard InChI is InChI=1S/C20H24N6/c1-13-4-5-15-17(24-13)19(2,3)12-26(15)16-8-11-23-18(25-16)20(22)9-6-14(21)7-10-20/h4-9,11H,10,12,21-22H2,1-3H3. The zero-order chi connectivity index (χ0) is 18.5. The van der Waals surface area contributed by atoms with Gasteiger partial charge in [-0.25, -0.2) is 9.97 Å². The van der Waals surface area contributed by atoms with Gasteiger partial charge in [0.05, 0.1) is 16.9 Å². The van der Waals surface area contributed by atoms with Crippen LogP contribution >= 0.6 is 0 Å². The number of aryl methyl sites for hydroxylation is 1. The van der Waals surface area contributed by atoms with E-state index in [9.17, 15) is 0 Å². The highest BCUT2D eigenvalue weighted by atomic mass is 15.2. The van der Waals surface area contributed by atoms with E-state index in [1.54, 1.807) is 6.20 Å². The third-order valence-corrected chi connectivity index (χ3v) is 5.08. The fraction of sp³-hybridized carbons (Fsp3) is 0.350. The summed E-state index contributed by atoms with van der Waals surface area (Å²) in [6.07, 6.45) is 7.97. The van der Waals surface area contributed by atoms with Gasteiger partial charge in [-0.3, -0.25) is 4.98 Å². The molecule has 26 heavy (non-hydrogen) atoms. The first kappa shape index (κ1) is 16.7. The second kappa shape index (κ2) is 5.64. The predicted molar refractivity (Wildman–Crippen MR) is 103 cm³/mol. The van der Waals surface area contributed by atoms with Gasteiger partial charge in [0.25, 0.3) is 0 Å². The topological polar surface area (TPSA) is 94.0 Å². The van der Waals surface area contributed by atoms with Crippen molar-refractivity contribution in [2.75, 3.05) is 11.4 Å². The van der Waals surface area contributed by atoms with E-state index in [0.717, 1.165) is 35.1 Å². The van der Waals surface area contributed by atoms with Gasteiger partial charge in [0, 0.05) is 29.5 Å². The molecule has 0 saturated carbocycles. The maximum atomic E-state index is 6.54. The van der Waals surface area contributed by atoms with Crippen LogP contribution in [0.15, 0.2) is 48.3 Å². The molecular formula is C20H24N6. The van der Waals surface area contributed by atoms with Crippen LogP contribution in [-0.4, -0.2) is 21.5 Å². The normalized spacial score (nSPS) is 23.7. The monoisotopic (exact) mass is 348 g/mol. The first-order valence-electron chi connectivity index (χ1n) is 8.81. The maximum absolute atomic E-state index is 6.54. The molecule has 0 radical (unpaired) electrons. The fourth-order valence-electron chi connectivity index (χ4n) is 3.58. The molecule has 0 bridgehead atoms. The summed E-state index contributed by atoms with van der Waals surface area (Å²) in [6.45, 7) is 7.26. The van der Waals surface area contributed by atoms with Crippen LogP contribution in [0, 0.1) is 6.92 Å². The van der Waals surface area contributed by atoms with Gasteiger partial charge in [-0.15, -0.1) is 0 Å². The first-order chi connectivity index (χ1) is 12.3. The van der Waals surface area contributed by atoms with Crippen LogP contribution in [-0.2, 0) is 11.0 Å². The minimum absolute atomic E-state index is 0.0468. The Morgan fingerprint density at radius 1 is 1.15 bits per heavy atom. The Balaban J connectivity index is 1.74. The highest BCUT2D eigenvalue weighted by Crippen LogP contribution is 2.42. The zero-order valence-electron chi connectivity index (χ0n) is 15.4. The van der Waals surface area contributed by atoms with Crippen LogP contribution in [0.25, 0.3) is 0 Å². The van der Waals surface area contributed by atoms with Crippen LogP contribution < -0.4 is 16.4 Å². The molecule has 0 spiro atoms. The van der Waals surface area contributed by atoms with Crippen LogP contribution in [0.3, 0.4) is 0 Å². The smallest absolute Gasteiger partial charge is 0.154 e. The highest BCUT2D eigenvalue weighted by Gasteiger charge is 2.38. The SMILES string of the molecule is Cc1ccc2c(n1)C(C)(C)CN2c1ccnc(C2(N)C=CC(N)=CC2)n1. The van der Waals surface area contributed by atoms with Crippen molar-refractivity contribution in [3.8, 4) is 0 Å². The summed E-state index contributed by atoms with van der Waals surface area (Å²) >= 11 is 0. The average Bonchev–Trinajstić information content (AvgIpc) is 2.89. The molecule has 6 nitrogen and oxygen atoms in total. The molecule has 4 N–H and O–H groups in total. The molecule has 1 atom stereocenters. The van der Waals surface area contributed by atoms with E-state index in [1.807, 2.05) is 37.3 Å². The van der Waals surface area contributed by atoms with E-state index in [0.29, 0.717) is 12.2 Å². The van der Waals surface area contributed by atoms with Crippen LogP contribution in [0.4, 0.5) is 11.5 Å². The van der Waals surface area contributed by atoms with Crippen molar-refractivity contribution >= 4 is 11.5 Å². The van der Waals surface area contributed by atoms with Crippen LogP contribution in [0.2, 0.25) is 0 Å². The van der Waals surface area contributed by atoms with E-state index in [1.165, 1.54) is 0 Å². The molecule has 0 saturated heterocycles. The molecule has 0 aromatic carbocycles. The minimum atomic E-state index is -0.734. The second-order valence-corrected chi connectivity index (χ2v) is 7.81. The van der Waals surface area contributed by atoms with Gasteiger partial charge in [0.2, 0.25) is 0 Å². The summed E-state index contributed by atoms with van der Waals surface area (Å²) in [6, 6.07) is 6.09. The molecule has 1 aliphatic heterocycles. The van der Waals surface area contributed by atoms with Gasteiger partial charge >= 0.3 is 0 Å². The molecule has 0 fully saturated rings. The van der Waals surface area contributed by atoms with Gasteiger partial charge in [0.15, 0.2) is 5.82 Å². The van der Waals surface area contributed by atoms with Crippen molar-refractivity contribution in [1.82, 2.24) is 15.0 Å². The number of anilines is 2. The number of fused-ring (bicyclic) bond motifs is 1. The first-order valence-corrected chi connectivity index (χ1v) is 8.81. The molecule has 2 aliphatic rings. The zero-order valence-corrected chi connectivity index (χ0v) is 15.4. The van der Waals surface area contributed by atoms with Gasteiger partial charge in [-0.2, -0.15) is 0 Å². The lowest BCUT2D eigenvalue weighted by atomic mass is 9.90. The van der Waals surface area contributed by atoms with Crippen molar-refractivity contribution in [1.29, 1.82) is 0 Å². The highest BCUT2D eigenvalue weighted by molar-refractivity contribution is 5.68. The lowest BCUT2D eigenvalue weighted by Crippen LogP contribution is -2.38. The minimum Gasteiger partial charge on any atom is -0.399 e. The Morgan fingerprint density at radius 3 is 2.69 bits per heavy atom. The van der Waals surface area contributed by atoms with Crippen LogP contribution in [0.5, 0.6) is 0 Å². The van der Waals surface area contributed by atoms with Crippen molar-refractivity contribution in [3.63, 3.8) is 0 Å². The van der Waals surface area contributed by atoms with Gasteiger partial charge in [-0.05, 0) is 37.6 Å². The van der Waals surface area contributed by atoms with E-state index in [-0.39, 0.29) is 5.41 Å². The van der Waals surface area contributed by atoms with E-state index < -0.39 is 5.54 Å². The van der Waals surface area contributed by atoms with Gasteiger partial charge in [-0.1, -0.05) is 26.0 Å². The fourth-order valence-corrected chi connectivity index (χ4v) is 3.58. The number of hydrogen-bond acceptors (Lipinski definition) is 6. The quantitative estimate of drug-likeness (QED) is 0.866. The lowest BCUT2D eigenvalue weighted by molar-refractivity contribution is 0.520. The van der Waals surface area contributed by atoms with Gasteiger partial charge in [0.1, 0.15) is 5.82 Å². The third-order valence-electron chi connectivity index (χ3n) is 5.08. The summed E-state index contributed by atoms with van der Waals surface area (Å²) in [7, 11) is 0. The van der Waals surface area contributed by atoms with E-state index in [4.69, 9.17) is 21.4 Å². The Bertz CT molecular complexity index is 930. The number of hydrogen-bond donors (Lipinski definition) is 2. The predicted octanol–water partition coefficient (Wildman–Crippen LogP) is 2.57. The molecule has 3 heterocycles.